The molecule has 2 rings (SSSR count). The van der Waals surface area contributed by atoms with E-state index in [1.807, 2.05) is 10.6 Å². The van der Waals surface area contributed by atoms with Crippen LogP contribution < -0.4 is 24.8 Å². The number of hydrogen-bond acceptors (Lipinski definition) is 7. The molecule has 0 aliphatic carbocycles. The zero-order valence-corrected chi connectivity index (χ0v) is 13.1. The second kappa shape index (κ2) is 6.82. The topological polar surface area (TPSA) is 120 Å². The van der Waals surface area contributed by atoms with Crippen LogP contribution in [0.3, 0.4) is 0 Å². The highest BCUT2D eigenvalue weighted by molar-refractivity contribution is 6.31. The van der Waals surface area contributed by atoms with Gasteiger partial charge in [0.25, 0.3) is 11.8 Å². The van der Waals surface area contributed by atoms with Gasteiger partial charge >= 0.3 is 12.0 Å². The molecule has 24 heavy (non-hydrogen) atoms. The fourth-order valence-corrected chi connectivity index (χ4v) is 2.00. The minimum Gasteiger partial charge on any atom is -0.493 e. The Hall–Kier alpha value is -3.36. The van der Waals surface area contributed by atoms with E-state index in [0.717, 1.165) is 0 Å². The number of carbonyl (C=O) groups excluding carboxylic acids is 4. The summed E-state index contributed by atoms with van der Waals surface area (Å²) in [7, 11) is 2.72. The lowest BCUT2D eigenvalue weighted by Crippen LogP contribution is -2.51. The Kier molecular flexibility index (Phi) is 4.83. The van der Waals surface area contributed by atoms with Gasteiger partial charge in [-0.05, 0) is 23.8 Å². The third-order valence-electron chi connectivity index (χ3n) is 2.98. The van der Waals surface area contributed by atoms with Gasteiger partial charge in [-0.25, -0.2) is 4.79 Å². The van der Waals surface area contributed by atoms with Crippen molar-refractivity contribution in [2.45, 2.75) is 6.92 Å². The fraction of sp³-hybridized carbons (Fsp3) is 0.200. The van der Waals surface area contributed by atoms with E-state index in [1.54, 1.807) is 0 Å². The van der Waals surface area contributed by atoms with Gasteiger partial charge in [0.2, 0.25) is 5.75 Å². The molecule has 0 aromatic heterocycles. The molecule has 0 bridgehead atoms. The standard InChI is InChI=1S/C15H14N2O7/c1-7(18)24-12-10(22-2)5-8(6-11(12)23-3)4-9-13(19)16-15(21)17-14(9)20/h4-6H,1-3H3,(H2,16,17,19,20,21). The first-order chi connectivity index (χ1) is 11.3. The Balaban J connectivity index is 2.49. The van der Waals surface area contributed by atoms with Gasteiger partial charge < -0.3 is 14.2 Å². The molecular formula is C15H14N2O7. The van der Waals surface area contributed by atoms with E-state index in [9.17, 15) is 19.2 Å². The third-order valence-corrected chi connectivity index (χ3v) is 2.98. The average Bonchev–Trinajstić information content (AvgIpc) is 2.51. The van der Waals surface area contributed by atoms with Gasteiger partial charge in [-0.1, -0.05) is 0 Å². The summed E-state index contributed by atoms with van der Waals surface area (Å²) < 4.78 is 15.3. The van der Waals surface area contributed by atoms with Crippen LogP contribution in [0.4, 0.5) is 4.79 Å². The predicted octanol–water partition coefficient (Wildman–Crippen LogP) is 0.378. The molecule has 4 amide bonds. The number of imide groups is 2. The maximum absolute atomic E-state index is 11.7. The Bertz CT molecular complexity index is 720. The maximum atomic E-state index is 11.7. The number of urea groups is 1. The van der Waals surface area contributed by atoms with Crippen molar-refractivity contribution in [2.24, 2.45) is 0 Å². The molecule has 126 valence electrons. The summed E-state index contributed by atoms with van der Waals surface area (Å²) in [6, 6.07) is 2.01. The van der Waals surface area contributed by atoms with Crippen molar-refractivity contribution in [3.05, 3.63) is 23.3 Å². The highest BCUT2D eigenvalue weighted by atomic mass is 16.6. The second-order valence-electron chi connectivity index (χ2n) is 4.64. The average molecular weight is 334 g/mol. The molecule has 0 saturated carbocycles. The number of amides is 4. The van der Waals surface area contributed by atoms with Gasteiger partial charge in [0.05, 0.1) is 14.2 Å². The first-order valence-electron chi connectivity index (χ1n) is 6.68. The van der Waals surface area contributed by atoms with Crippen molar-refractivity contribution in [2.75, 3.05) is 14.2 Å². The van der Waals surface area contributed by atoms with Gasteiger partial charge in [0.1, 0.15) is 5.57 Å². The summed E-state index contributed by atoms with van der Waals surface area (Å²) in [5.41, 5.74) is 0.105. The fourth-order valence-electron chi connectivity index (χ4n) is 2.00. The van der Waals surface area contributed by atoms with Crippen LogP contribution in [0.5, 0.6) is 17.2 Å². The lowest BCUT2D eigenvalue weighted by Gasteiger charge is -2.15. The van der Waals surface area contributed by atoms with Crippen LogP contribution >= 0.6 is 0 Å². The zero-order valence-electron chi connectivity index (χ0n) is 13.1. The molecule has 1 heterocycles. The molecule has 0 unspecified atom stereocenters. The zero-order chi connectivity index (χ0) is 17.9. The number of carbonyl (C=O) groups is 4. The Labute approximate surface area is 136 Å². The maximum Gasteiger partial charge on any atom is 0.328 e. The molecule has 9 heteroatoms. The number of nitrogens with one attached hydrogen (secondary N) is 2. The molecule has 1 fully saturated rings. The monoisotopic (exact) mass is 334 g/mol. The molecule has 0 atom stereocenters. The van der Waals surface area contributed by atoms with E-state index >= 15 is 0 Å². The van der Waals surface area contributed by atoms with E-state index in [1.165, 1.54) is 39.4 Å². The van der Waals surface area contributed by atoms with Gasteiger partial charge in [0, 0.05) is 6.92 Å². The number of esters is 1. The number of methoxy groups -OCH3 is 2. The highest BCUT2D eigenvalue weighted by Crippen LogP contribution is 2.39. The first kappa shape index (κ1) is 17.0. The number of ether oxygens (including phenoxy) is 3. The number of hydrogen-bond donors (Lipinski definition) is 2. The van der Waals surface area contributed by atoms with Crippen LogP contribution in [-0.2, 0) is 14.4 Å². The molecule has 0 radical (unpaired) electrons. The van der Waals surface area contributed by atoms with Gasteiger partial charge in [-0.3, -0.25) is 25.0 Å². The lowest BCUT2D eigenvalue weighted by molar-refractivity contribution is -0.132. The normalized spacial score (nSPS) is 13.8. The minimum absolute atomic E-state index is 0.0716. The quantitative estimate of drug-likeness (QED) is 0.353. The van der Waals surface area contributed by atoms with Crippen molar-refractivity contribution >= 4 is 29.9 Å². The van der Waals surface area contributed by atoms with E-state index in [0.29, 0.717) is 5.56 Å². The SMILES string of the molecule is COc1cc(C=C2C(=O)NC(=O)NC2=O)cc(OC)c1OC(C)=O. The molecule has 1 aromatic rings. The van der Waals surface area contributed by atoms with Crippen LogP contribution in [0.25, 0.3) is 6.08 Å². The van der Waals surface area contributed by atoms with Gasteiger partial charge in [-0.2, -0.15) is 0 Å². The van der Waals surface area contributed by atoms with Crippen molar-refractivity contribution in [1.29, 1.82) is 0 Å². The lowest BCUT2D eigenvalue weighted by atomic mass is 10.1. The van der Waals surface area contributed by atoms with Crippen LogP contribution in [0.2, 0.25) is 0 Å². The Morgan fingerprint density at radius 1 is 1.00 bits per heavy atom. The Morgan fingerprint density at radius 2 is 1.50 bits per heavy atom. The number of benzene rings is 1. The number of barbiturate groups is 1. The molecule has 1 aliphatic rings. The molecule has 2 N–H and O–H groups in total. The largest absolute Gasteiger partial charge is 0.493 e. The molecule has 0 spiro atoms. The van der Waals surface area contributed by atoms with Crippen LogP contribution in [0, 0.1) is 0 Å². The molecule has 1 aliphatic heterocycles. The summed E-state index contributed by atoms with van der Waals surface area (Å²) in [4.78, 5) is 45.7. The second-order valence-corrected chi connectivity index (χ2v) is 4.64. The molecule has 1 saturated heterocycles. The van der Waals surface area contributed by atoms with E-state index in [-0.39, 0.29) is 22.8 Å². The van der Waals surface area contributed by atoms with Crippen LogP contribution in [0.15, 0.2) is 17.7 Å². The van der Waals surface area contributed by atoms with E-state index < -0.39 is 23.8 Å². The van der Waals surface area contributed by atoms with Crippen LogP contribution in [0.1, 0.15) is 12.5 Å². The Morgan fingerprint density at radius 3 is 1.92 bits per heavy atom. The summed E-state index contributed by atoms with van der Waals surface area (Å²) in [6.45, 7) is 1.22. The highest BCUT2D eigenvalue weighted by Gasteiger charge is 2.28. The van der Waals surface area contributed by atoms with E-state index in [2.05, 4.69) is 0 Å². The summed E-state index contributed by atoms with van der Waals surface area (Å²) >= 11 is 0. The predicted molar refractivity (Wildman–Crippen MR) is 80.5 cm³/mol. The van der Waals surface area contributed by atoms with Crippen molar-refractivity contribution in [3.8, 4) is 17.2 Å². The smallest absolute Gasteiger partial charge is 0.328 e. The van der Waals surface area contributed by atoms with Gasteiger partial charge in [0.15, 0.2) is 11.5 Å². The summed E-state index contributed by atoms with van der Waals surface area (Å²) in [5, 5.41) is 3.93. The number of rotatable bonds is 4. The van der Waals surface area contributed by atoms with Crippen LogP contribution in [-0.4, -0.2) is 38.0 Å². The molecular weight excluding hydrogens is 320 g/mol. The minimum atomic E-state index is -0.887. The molecule has 9 nitrogen and oxygen atoms in total. The van der Waals surface area contributed by atoms with E-state index in [4.69, 9.17) is 14.2 Å². The van der Waals surface area contributed by atoms with Gasteiger partial charge in [-0.15, -0.1) is 0 Å². The molecule has 1 aromatic carbocycles. The first-order valence-corrected chi connectivity index (χ1v) is 6.68. The summed E-state index contributed by atoms with van der Waals surface area (Å²) in [6.07, 6.45) is 1.25. The third kappa shape index (κ3) is 3.51. The van der Waals surface area contributed by atoms with Crippen molar-refractivity contribution in [1.82, 2.24) is 10.6 Å². The van der Waals surface area contributed by atoms with Crippen molar-refractivity contribution < 1.29 is 33.4 Å². The summed E-state index contributed by atoms with van der Waals surface area (Å²) in [5.74, 6) is -1.81. The van der Waals surface area contributed by atoms with Crippen molar-refractivity contribution in [3.63, 3.8) is 0 Å².